The molecule has 0 aliphatic rings. The number of nitrogens with zero attached hydrogens (tertiary/aromatic N) is 2. The van der Waals surface area contributed by atoms with Gasteiger partial charge in [0.25, 0.3) is 0 Å². The molecule has 0 atom stereocenters. The van der Waals surface area contributed by atoms with Gasteiger partial charge in [-0.3, -0.25) is 4.79 Å². The van der Waals surface area contributed by atoms with Gasteiger partial charge in [-0.25, -0.2) is 0 Å². The molecule has 22 heavy (non-hydrogen) atoms. The first-order valence-corrected chi connectivity index (χ1v) is 7.44. The molecule has 0 unspecified atom stereocenters. The van der Waals surface area contributed by atoms with Crippen molar-refractivity contribution in [2.24, 2.45) is 10.2 Å². The van der Waals surface area contributed by atoms with Gasteiger partial charge in [0.1, 0.15) is 5.75 Å². The van der Waals surface area contributed by atoms with Crippen LogP contribution >= 0.6 is 0 Å². The van der Waals surface area contributed by atoms with Crippen LogP contribution in [0.4, 0.5) is 11.4 Å². The van der Waals surface area contributed by atoms with Gasteiger partial charge in [0.2, 0.25) is 0 Å². The molecule has 0 aromatic heterocycles. The van der Waals surface area contributed by atoms with Crippen LogP contribution in [-0.2, 0) is 0 Å². The van der Waals surface area contributed by atoms with Gasteiger partial charge in [0, 0.05) is 5.56 Å². The summed E-state index contributed by atoms with van der Waals surface area (Å²) in [5, 5.41) is 8.33. The van der Waals surface area contributed by atoms with Crippen molar-refractivity contribution < 1.29 is 9.53 Å². The van der Waals surface area contributed by atoms with Crippen LogP contribution < -0.4 is 4.74 Å². The number of benzene rings is 2. The lowest BCUT2D eigenvalue weighted by molar-refractivity contribution is 0.101. The third kappa shape index (κ3) is 4.81. The maximum absolute atomic E-state index is 11.2. The molecular formula is C18H20N2O2. The zero-order valence-corrected chi connectivity index (χ0v) is 13.0. The van der Waals surface area contributed by atoms with Crippen LogP contribution in [0.15, 0.2) is 58.8 Å². The molecule has 0 aliphatic heterocycles. The fourth-order valence-corrected chi connectivity index (χ4v) is 1.82. The summed E-state index contributed by atoms with van der Waals surface area (Å²) in [5.74, 6) is 0.889. The van der Waals surface area contributed by atoms with Crippen LogP contribution in [0.2, 0.25) is 0 Å². The minimum Gasteiger partial charge on any atom is -0.494 e. The van der Waals surface area contributed by atoms with E-state index in [2.05, 4.69) is 17.2 Å². The highest BCUT2D eigenvalue weighted by atomic mass is 16.5. The molecule has 0 saturated heterocycles. The van der Waals surface area contributed by atoms with E-state index in [4.69, 9.17) is 4.74 Å². The Morgan fingerprint density at radius 3 is 2.00 bits per heavy atom. The highest BCUT2D eigenvalue weighted by molar-refractivity contribution is 5.94. The van der Waals surface area contributed by atoms with Crippen molar-refractivity contribution in [3.8, 4) is 5.75 Å². The lowest BCUT2D eigenvalue weighted by Gasteiger charge is -2.04. The molecule has 0 spiro atoms. The van der Waals surface area contributed by atoms with E-state index in [9.17, 15) is 4.79 Å². The van der Waals surface area contributed by atoms with E-state index in [1.54, 1.807) is 31.2 Å². The molecule has 0 amide bonds. The summed E-state index contributed by atoms with van der Waals surface area (Å²) in [5.41, 5.74) is 2.15. The number of Topliss-reactive ketones (excluding diaryl/α,β-unsaturated/α-hetero) is 1. The van der Waals surface area contributed by atoms with E-state index in [0.29, 0.717) is 11.3 Å². The van der Waals surface area contributed by atoms with Gasteiger partial charge in [0.05, 0.1) is 18.0 Å². The van der Waals surface area contributed by atoms with E-state index in [0.717, 1.165) is 30.9 Å². The fourth-order valence-electron chi connectivity index (χ4n) is 1.82. The van der Waals surface area contributed by atoms with E-state index >= 15 is 0 Å². The third-order valence-corrected chi connectivity index (χ3v) is 3.16. The fraction of sp³-hybridized carbons (Fsp3) is 0.278. The van der Waals surface area contributed by atoms with E-state index in [1.807, 2.05) is 24.3 Å². The number of unbranched alkanes of at least 4 members (excludes halogenated alkanes) is 1. The molecule has 2 rings (SSSR count). The first-order valence-electron chi connectivity index (χ1n) is 7.44. The van der Waals surface area contributed by atoms with Crippen LogP contribution in [0, 0.1) is 0 Å². The molecule has 0 aliphatic carbocycles. The SMILES string of the molecule is CCCCOc1ccc(N=Nc2ccc(C(C)=O)cc2)cc1. The molecule has 4 heteroatoms. The number of carbonyl (C=O) groups excluding carboxylic acids is 1. The number of hydrogen-bond acceptors (Lipinski definition) is 4. The summed E-state index contributed by atoms with van der Waals surface area (Å²) in [6, 6.07) is 14.6. The topological polar surface area (TPSA) is 51.0 Å². The van der Waals surface area contributed by atoms with Gasteiger partial charge in [-0.05, 0) is 61.9 Å². The van der Waals surface area contributed by atoms with Crippen LogP contribution in [0.1, 0.15) is 37.0 Å². The molecule has 114 valence electrons. The van der Waals surface area contributed by atoms with Gasteiger partial charge in [-0.2, -0.15) is 10.2 Å². The highest BCUT2D eigenvalue weighted by Crippen LogP contribution is 2.21. The average Bonchev–Trinajstić information content (AvgIpc) is 2.55. The maximum Gasteiger partial charge on any atom is 0.159 e. The predicted octanol–water partition coefficient (Wildman–Crippen LogP) is 5.48. The summed E-state index contributed by atoms with van der Waals surface area (Å²) < 4.78 is 5.60. The van der Waals surface area contributed by atoms with Crippen molar-refractivity contribution in [1.29, 1.82) is 0 Å². The van der Waals surface area contributed by atoms with Crippen molar-refractivity contribution in [3.63, 3.8) is 0 Å². The standard InChI is InChI=1S/C18H20N2O2/c1-3-4-13-22-18-11-9-17(10-12-18)20-19-16-7-5-15(6-8-16)14(2)21/h5-12H,3-4,13H2,1-2H3. The van der Waals surface area contributed by atoms with Gasteiger partial charge in [-0.15, -0.1) is 0 Å². The Kier molecular flexibility index (Phi) is 5.83. The van der Waals surface area contributed by atoms with Crippen molar-refractivity contribution >= 4 is 17.2 Å². The van der Waals surface area contributed by atoms with Gasteiger partial charge in [-0.1, -0.05) is 13.3 Å². The van der Waals surface area contributed by atoms with Crippen molar-refractivity contribution in [3.05, 3.63) is 54.1 Å². The molecular weight excluding hydrogens is 276 g/mol. The molecule has 4 nitrogen and oxygen atoms in total. The predicted molar refractivity (Wildman–Crippen MR) is 87.5 cm³/mol. The Balaban J connectivity index is 1.96. The minimum absolute atomic E-state index is 0.0437. The quantitative estimate of drug-likeness (QED) is 0.385. The largest absolute Gasteiger partial charge is 0.494 e. The second kappa shape index (κ2) is 8.08. The normalized spacial score (nSPS) is 10.8. The Bertz CT molecular complexity index is 631. The summed E-state index contributed by atoms with van der Waals surface area (Å²) >= 11 is 0. The smallest absolute Gasteiger partial charge is 0.159 e. The van der Waals surface area contributed by atoms with Gasteiger partial charge in [0.15, 0.2) is 5.78 Å². The molecule has 2 aromatic carbocycles. The number of hydrogen-bond donors (Lipinski definition) is 0. The Hall–Kier alpha value is -2.49. The number of ketones is 1. The zero-order valence-electron chi connectivity index (χ0n) is 13.0. The van der Waals surface area contributed by atoms with Crippen molar-refractivity contribution in [2.45, 2.75) is 26.7 Å². The molecule has 0 bridgehead atoms. The molecule has 0 heterocycles. The van der Waals surface area contributed by atoms with Crippen LogP contribution in [0.3, 0.4) is 0 Å². The Morgan fingerprint density at radius 1 is 0.955 bits per heavy atom. The summed E-state index contributed by atoms with van der Waals surface area (Å²) in [6.45, 7) is 4.41. The Labute approximate surface area is 130 Å². The lowest BCUT2D eigenvalue weighted by Crippen LogP contribution is -1.95. The maximum atomic E-state index is 11.2. The molecule has 0 saturated carbocycles. The second-order valence-electron chi connectivity index (χ2n) is 5.00. The van der Waals surface area contributed by atoms with Crippen LogP contribution in [-0.4, -0.2) is 12.4 Å². The Morgan fingerprint density at radius 2 is 1.50 bits per heavy atom. The average molecular weight is 296 g/mol. The summed E-state index contributed by atoms with van der Waals surface area (Å²) in [7, 11) is 0. The highest BCUT2D eigenvalue weighted by Gasteiger charge is 1.98. The number of rotatable bonds is 7. The first kappa shape index (κ1) is 15.9. The molecule has 0 fully saturated rings. The van der Waals surface area contributed by atoms with Crippen molar-refractivity contribution in [2.75, 3.05) is 6.61 Å². The lowest BCUT2D eigenvalue weighted by atomic mass is 10.1. The van der Waals surface area contributed by atoms with Crippen LogP contribution in [0.5, 0.6) is 5.75 Å². The van der Waals surface area contributed by atoms with Crippen LogP contribution in [0.25, 0.3) is 0 Å². The zero-order chi connectivity index (χ0) is 15.8. The number of azo groups is 1. The molecule has 0 radical (unpaired) electrons. The van der Waals surface area contributed by atoms with Crippen molar-refractivity contribution in [1.82, 2.24) is 0 Å². The molecule has 2 aromatic rings. The summed E-state index contributed by atoms with van der Waals surface area (Å²) in [4.78, 5) is 11.2. The second-order valence-corrected chi connectivity index (χ2v) is 5.00. The van der Waals surface area contributed by atoms with Gasteiger partial charge >= 0.3 is 0 Å². The number of ether oxygens (including phenoxy) is 1. The van der Waals surface area contributed by atoms with E-state index in [-0.39, 0.29) is 5.78 Å². The third-order valence-electron chi connectivity index (χ3n) is 3.16. The molecule has 0 N–H and O–H groups in total. The first-order chi connectivity index (χ1) is 10.7. The van der Waals surface area contributed by atoms with E-state index in [1.165, 1.54) is 0 Å². The van der Waals surface area contributed by atoms with Gasteiger partial charge < -0.3 is 4.74 Å². The monoisotopic (exact) mass is 296 g/mol. The summed E-state index contributed by atoms with van der Waals surface area (Å²) in [6.07, 6.45) is 2.17. The minimum atomic E-state index is 0.0437. The van der Waals surface area contributed by atoms with E-state index < -0.39 is 0 Å². The number of carbonyl (C=O) groups is 1.